The first-order valence-corrected chi connectivity index (χ1v) is 4.22. The van der Waals surface area contributed by atoms with Crippen LogP contribution in [0, 0.1) is 0 Å². The van der Waals surface area contributed by atoms with Crippen molar-refractivity contribution >= 4 is 12.9 Å². The van der Waals surface area contributed by atoms with Crippen molar-refractivity contribution in [2.75, 3.05) is 0 Å². The van der Waals surface area contributed by atoms with E-state index in [1.807, 2.05) is 0 Å². The summed E-state index contributed by atoms with van der Waals surface area (Å²) < 4.78 is 10.3. The Morgan fingerprint density at radius 1 is 1.09 bits per heavy atom. The summed E-state index contributed by atoms with van der Waals surface area (Å²) in [6.45, 7) is 0. The van der Waals surface area contributed by atoms with Crippen LogP contribution in [0.1, 0.15) is 0 Å². The van der Waals surface area contributed by atoms with Gasteiger partial charge in [-0.15, -0.1) is 0 Å². The molecule has 0 heterocycles. The average molecular weight is 264 g/mol. The van der Waals surface area contributed by atoms with E-state index in [9.17, 15) is 14.4 Å². The van der Waals surface area contributed by atoms with Gasteiger partial charge < -0.3 is 14.4 Å². The van der Waals surface area contributed by atoms with Crippen LogP contribution in [0.15, 0.2) is 30.3 Å². The van der Waals surface area contributed by atoms with Crippen LogP contribution < -0.4 is 15.1 Å². The Labute approximate surface area is 80.1 Å². The summed E-state index contributed by atoms with van der Waals surface area (Å²) >= 11 is 0. The molecular formula is C6H5AgO3P. The van der Waals surface area contributed by atoms with Gasteiger partial charge in [-0.3, -0.25) is 0 Å². The Bertz CT molecular complexity index is 256. The van der Waals surface area contributed by atoms with E-state index in [2.05, 4.69) is 0 Å². The minimum Gasteiger partial charge on any atom is -0.807 e. The van der Waals surface area contributed by atoms with Crippen LogP contribution in [0.3, 0.4) is 0 Å². The molecule has 0 atom stereocenters. The first-order valence-electron chi connectivity index (χ1n) is 2.68. The molecule has 11 heavy (non-hydrogen) atoms. The van der Waals surface area contributed by atoms with E-state index in [1.54, 1.807) is 6.07 Å². The fourth-order valence-corrected chi connectivity index (χ4v) is 1.15. The standard InChI is InChI=1S/C6H7O3P.Ag/c7-10(8,9)6-4-2-1-3-5-6;/h1-5H,(H2,7,8,9);/q;+2/p-2. The number of hydrogen-bond acceptors (Lipinski definition) is 3. The fourth-order valence-electron chi connectivity index (χ4n) is 0.611. The van der Waals surface area contributed by atoms with E-state index < -0.39 is 7.60 Å². The number of benzene rings is 1. The van der Waals surface area contributed by atoms with E-state index in [0.717, 1.165) is 0 Å². The van der Waals surface area contributed by atoms with Gasteiger partial charge in [0, 0.05) is 0 Å². The largest absolute Gasteiger partial charge is 2.00 e. The maximum atomic E-state index is 10.3. The van der Waals surface area contributed by atoms with Gasteiger partial charge in [0.25, 0.3) is 0 Å². The molecule has 0 saturated carbocycles. The molecule has 0 N–H and O–H groups in total. The molecule has 5 heteroatoms. The Kier molecular flexibility index (Phi) is 4.26. The summed E-state index contributed by atoms with van der Waals surface area (Å²) in [6, 6.07) is 7.23. The Morgan fingerprint density at radius 2 is 1.55 bits per heavy atom. The Hall–Kier alpha value is 0.110. The average Bonchev–Trinajstić information content (AvgIpc) is 1.88. The number of rotatable bonds is 1. The van der Waals surface area contributed by atoms with Gasteiger partial charge in [-0.05, 0) is 12.9 Å². The van der Waals surface area contributed by atoms with Crippen LogP contribution in [0.4, 0.5) is 0 Å². The predicted octanol–water partition coefficient (Wildman–Crippen LogP) is -0.777. The van der Waals surface area contributed by atoms with Crippen LogP contribution >= 0.6 is 7.60 Å². The molecule has 1 aromatic rings. The molecule has 0 unspecified atom stereocenters. The van der Waals surface area contributed by atoms with E-state index in [-0.39, 0.29) is 27.7 Å². The van der Waals surface area contributed by atoms with Crippen LogP contribution in [0.25, 0.3) is 0 Å². The third kappa shape index (κ3) is 3.34. The van der Waals surface area contributed by atoms with Gasteiger partial charge in [0.2, 0.25) is 0 Å². The molecule has 0 bridgehead atoms. The van der Waals surface area contributed by atoms with Crippen molar-refractivity contribution in [2.24, 2.45) is 0 Å². The normalized spacial score (nSPS) is 10.4. The van der Waals surface area contributed by atoms with E-state index >= 15 is 0 Å². The minimum absolute atomic E-state index is 0. The smallest absolute Gasteiger partial charge is 0.807 e. The van der Waals surface area contributed by atoms with Gasteiger partial charge in [0.1, 0.15) is 0 Å². The third-order valence-corrected chi connectivity index (χ3v) is 2.00. The van der Waals surface area contributed by atoms with Gasteiger partial charge in [-0.1, -0.05) is 30.3 Å². The quantitative estimate of drug-likeness (QED) is 0.494. The van der Waals surface area contributed by atoms with Gasteiger partial charge in [-0.2, -0.15) is 0 Å². The molecule has 1 rings (SSSR count). The first kappa shape index (κ1) is 11.1. The monoisotopic (exact) mass is 263 g/mol. The van der Waals surface area contributed by atoms with Crippen molar-refractivity contribution in [3.63, 3.8) is 0 Å². The van der Waals surface area contributed by atoms with Gasteiger partial charge in [-0.25, -0.2) is 0 Å². The topological polar surface area (TPSA) is 63.2 Å². The minimum atomic E-state index is -4.52. The van der Waals surface area contributed by atoms with E-state index in [4.69, 9.17) is 0 Å². The maximum absolute atomic E-state index is 10.3. The zero-order valence-corrected chi connectivity index (χ0v) is 7.74. The third-order valence-electron chi connectivity index (χ3n) is 1.07. The van der Waals surface area contributed by atoms with Gasteiger partial charge >= 0.3 is 22.4 Å². The zero-order chi connectivity index (χ0) is 7.61. The first-order chi connectivity index (χ1) is 4.61. The summed E-state index contributed by atoms with van der Waals surface area (Å²) in [5.74, 6) is 0. The summed E-state index contributed by atoms with van der Waals surface area (Å²) in [4.78, 5) is 20.6. The summed E-state index contributed by atoms with van der Waals surface area (Å²) in [5, 5.41) is -0.157. The van der Waals surface area contributed by atoms with Crippen LogP contribution in [0.5, 0.6) is 0 Å². The Balaban J connectivity index is 0.000001000. The number of hydrogen-bond donors (Lipinski definition) is 0. The van der Waals surface area contributed by atoms with Crippen molar-refractivity contribution < 1.29 is 36.7 Å². The summed E-state index contributed by atoms with van der Waals surface area (Å²) in [5.41, 5.74) is 0. The van der Waals surface area contributed by atoms with Crippen molar-refractivity contribution in [3.05, 3.63) is 30.3 Å². The molecule has 0 aliphatic carbocycles. The van der Waals surface area contributed by atoms with Crippen molar-refractivity contribution in [1.82, 2.24) is 0 Å². The van der Waals surface area contributed by atoms with Crippen LogP contribution in [-0.2, 0) is 26.9 Å². The maximum Gasteiger partial charge on any atom is 2.00 e. The molecule has 0 aromatic heterocycles. The molecule has 0 spiro atoms. The molecule has 3 nitrogen and oxygen atoms in total. The molecule has 0 saturated heterocycles. The molecule has 0 aliphatic rings. The van der Waals surface area contributed by atoms with Crippen molar-refractivity contribution in [1.29, 1.82) is 0 Å². The molecule has 0 aliphatic heterocycles. The van der Waals surface area contributed by atoms with Crippen LogP contribution in [-0.4, -0.2) is 0 Å². The fraction of sp³-hybridized carbons (Fsp3) is 0. The molecule has 1 radical (unpaired) electrons. The Morgan fingerprint density at radius 3 is 1.82 bits per heavy atom. The van der Waals surface area contributed by atoms with Gasteiger partial charge in [0.15, 0.2) is 0 Å². The second-order valence-corrected chi connectivity index (χ2v) is 3.34. The SMILES string of the molecule is O=P([O-])([O-])c1ccccc1.[Ag+2]. The molecular weight excluding hydrogens is 259 g/mol. The van der Waals surface area contributed by atoms with Crippen molar-refractivity contribution in [2.45, 2.75) is 0 Å². The zero-order valence-electron chi connectivity index (χ0n) is 5.36. The second-order valence-electron chi connectivity index (χ2n) is 1.83. The van der Waals surface area contributed by atoms with Crippen LogP contribution in [0.2, 0.25) is 0 Å². The van der Waals surface area contributed by atoms with Crippen molar-refractivity contribution in [3.8, 4) is 0 Å². The molecule has 0 amide bonds. The molecule has 0 fully saturated rings. The second kappa shape index (κ2) is 4.21. The van der Waals surface area contributed by atoms with E-state index in [0.29, 0.717) is 0 Å². The predicted molar refractivity (Wildman–Crippen MR) is 33.7 cm³/mol. The summed E-state index contributed by atoms with van der Waals surface area (Å²) in [6.07, 6.45) is 0. The molecule has 1 aromatic carbocycles. The molecule has 63 valence electrons. The van der Waals surface area contributed by atoms with Gasteiger partial charge in [0.05, 0.1) is 0 Å². The summed E-state index contributed by atoms with van der Waals surface area (Å²) in [7, 11) is -4.52. The van der Waals surface area contributed by atoms with E-state index in [1.165, 1.54) is 24.3 Å².